The van der Waals surface area contributed by atoms with Crippen LogP contribution in [0.25, 0.3) is 0 Å². The summed E-state index contributed by atoms with van der Waals surface area (Å²) < 4.78 is 64.1. The predicted octanol–water partition coefficient (Wildman–Crippen LogP) is 1.87. The van der Waals surface area contributed by atoms with Crippen LogP contribution in [0.1, 0.15) is 15.9 Å². The van der Waals surface area contributed by atoms with Gasteiger partial charge in [-0.25, -0.2) is 8.42 Å². The summed E-state index contributed by atoms with van der Waals surface area (Å²) in [5.41, 5.74) is -1.67. The summed E-state index contributed by atoms with van der Waals surface area (Å²) in [7, 11) is -4.24. The van der Waals surface area contributed by atoms with Crippen molar-refractivity contribution >= 4 is 21.7 Å². The average Bonchev–Trinajstić information content (AvgIpc) is 2.46. The maximum absolute atomic E-state index is 12.6. The molecule has 2 aromatic carbocycles. The van der Waals surface area contributed by atoms with Crippen LogP contribution in [0, 0.1) is 0 Å². The van der Waals surface area contributed by atoms with Gasteiger partial charge in [0.1, 0.15) is 0 Å². The average molecular weight is 344 g/mol. The maximum Gasteiger partial charge on any atom is 0.416 e. The fourth-order valence-corrected chi connectivity index (χ4v) is 2.86. The number of halogens is 3. The van der Waals surface area contributed by atoms with E-state index in [0.29, 0.717) is 6.07 Å². The van der Waals surface area contributed by atoms with Crippen LogP contribution in [0.15, 0.2) is 53.4 Å². The summed E-state index contributed by atoms with van der Waals surface area (Å²) in [6, 6.07) is 7.93. The lowest BCUT2D eigenvalue weighted by Crippen LogP contribution is -2.23. The van der Waals surface area contributed by atoms with Crippen LogP contribution >= 0.6 is 0 Å². The van der Waals surface area contributed by atoms with Gasteiger partial charge in [-0.05, 0) is 35.9 Å². The van der Waals surface area contributed by atoms with E-state index in [4.69, 9.17) is 0 Å². The van der Waals surface area contributed by atoms with Gasteiger partial charge < -0.3 is 9.90 Å². The van der Waals surface area contributed by atoms with Crippen molar-refractivity contribution < 1.29 is 31.5 Å². The second kappa shape index (κ2) is 5.92. The van der Waals surface area contributed by atoms with Crippen molar-refractivity contribution in [2.24, 2.45) is 0 Å². The highest BCUT2D eigenvalue weighted by Gasteiger charge is 2.30. The smallest absolute Gasteiger partial charge is 0.416 e. The van der Waals surface area contributed by atoms with Gasteiger partial charge in [-0.3, -0.25) is 4.72 Å². The molecule has 23 heavy (non-hydrogen) atoms. The molecule has 0 spiro atoms. The Balaban J connectivity index is 2.35. The van der Waals surface area contributed by atoms with Crippen molar-refractivity contribution in [2.75, 3.05) is 4.72 Å². The third-order valence-electron chi connectivity index (χ3n) is 2.82. The highest BCUT2D eigenvalue weighted by atomic mass is 32.2. The van der Waals surface area contributed by atoms with Gasteiger partial charge >= 0.3 is 6.18 Å². The van der Waals surface area contributed by atoms with E-state index in [1.54, 1.807) is 0 Å². The van der Waals surface area contributed by atoms with E-state index in [2.05, 4.69) is 0 Å². The normalized spacial score (nSPS) is 12.0. The van der Waals surface area contributed by atoms with Crippen molar-refractivity contribution in [1.29, 1.82) is 0 Å². The Kier molecular flexibility index (Phi) is 4.33. The first-order chi connectivity index (χ1) is 10.6. The summed E-state index contributed by atoms with van der Waals surface area (Å²) >= 11 is 0. The fourth-order valence-electron chi connectivity index (χ4n) is 1.76. The molecule has 0 fully saturated rings. The quantitative estimate of drug-likeness (QED) is 0.917. The number of carbonyl (C=O) groups excluding carboxylic acids is 1. The number of carboxylic acids is 1. The third-order valence-corrected chi connectivity index (χ3v) is 4.20. The van der Waals surface area contributed by atoms with Crippen molar-refractivity contribution in [3.05, 3.63) is 59.7 Å². The Morgan fingerprint density at radius 2 is 1.70 bits per heavy atom. The zero-order chi connectivity index (χ0) is 17.3. The van der Waals surface area contributed by atoms with Crippen LogP contribution in [0.5, 0.6) is 0 Å². The summed E-state index contributed by atoms with van der Waals surface area (Å²) in [6.45, 7) is 0. The number of sulfonamides is 1. The molecule has 5 nitrogen and oxygen atoms in total. The van der Waals surface area contributed by atoms with Crippen LogP contribution in [0.3, 0.4) is 0 Å². The number of anilines is 1. The van der Waals surface area contributed by atoms with Crippen LogP contribution < -0.4 is 9.83 Å². The van der Waals surface area contributed by atoms with Gasteiger partial charge in [-0.1, -0.05) is 18.2 Å². The highest BCUT2D eigenvalue weighted by Crippen LogP contribution is 2.31. The van der Waals surface area contributed by atoms with Crippen molar-refractivity contribution in [3.63, 3.8) is 0 Å². The van der Waals surface area contributed by atoms with Gasteiger partial charge in [0.25, 0.3) is 10.0 Å². The maximum atomic E-state index is 12.6. The zero-order valence-electron chi connectivity index (χ0n) is 11.3. The molecule has 0 atom stereocenters. The Hall–Kier alpha value is -2.55. The Morgan fingerprint density at radius 1 is 1.04 bits per heavy atom. The van der Waals surface area contributed by atoms with E-state index >= 15 is 0 Å². The molecule has 0 aliphatic carbocycles. The molecule has 0 bridgehead atoms. The Morgan fingerprint density at radius 3 is 2.30 bits per heavy atom. The van der Waals surface area contributed by atoms with Gasteiger partial charge in [-0.15, -0.1) is 0 Å². The molecule has 122 valence electrons. The second-order valence-electron chi connectivity index (χ2n) is 4.50. The first kappa shape index (κ1) is 16.8. The van der Waals surface area contributed by atoms with Gasteiger partial charge in [0.15, 0.2) is 0 Å². The minimum atomic E-state index is -4.61. The van der Waals surface area contributed by atoms with Crippen LogP contribution in [0.2, 0.25) is 0 Å². The van der Waals surface area contributed by atoms with E-state index < -0.39 is 32.6 Å². The molecule has 2 aromatic rings. The first-order valence-corrected chi connectivity index (χ1v) is 7.59. The molecule has 0 amide bonds. The molecule has 0 saturated carbocycles. The van der Waals surface area contributed by atoms with Gasteiger partial charge in [0.2, 0.25) is 0 Å². The Labute approximate surface area is 129 Å². The summed E-state index contributed by atoms with van der Waals surface area (Å²) in [5, 5.41) is 10.7. The number of alkyl halides is 3. The van der Waals surface area contributed by atoms with Crippen LogP contribution in [0.4, 0.5) is 18.9 Å². The number of benzene rings is 2. The molecule has 0 unspecified atom stereocenters. The van der Waals surface area contributed by atoms with Crippen molar-refractivity contribution in [2.45, 2.75) is 11.1 Å². The number of carbonyl (C=O) groups is 1. The molecule has 0 aliphatic heterocycles. The lowest BCUT2D eigenvalue weighted by atomic mass is 10.2. The van der Waals surface area contributed by atoms with E-state index in [-0.39, 0.29) is 11.3 Å². The number of hydrogen-bond donors (Lipinski definition) is 1. The zero-order valence-corrected chi connectivity index (χ0v) is 12.1. The summed E-state index contributed by atoms with van der Waals surface area (Å²) in [4.78, 5) is 10.3. The van der Waals surface area contributed by atoms with E-state index in [0.717, 1.165) is 36.4 Å². The van der Waals surface area contributed by atoms with E-state index in [1.165, 1.54) is 6.07 Å². The second-order valence-corrected chi connectivity index (χ2v) is 6.18. The molecule has 0 heterocycles. The molecule has 0 aliphatic rings. The van der Waals surface area contributed by atoms with Gasteiger partial charge in [0, 0.05) is 5.69 Å². The van der Waals surface area contributed by atoms with Crippen LogP contribution in [-0.2, 0) is 16.2 Å². The Bertz CT molecular complexity index is 847. The lowest BCUT2D eigenvalue weighted by Gasteiger charge is -2.12. The number of hydrogen-bond acceptors (Lipinski definition) is 4. The molecule has 0 aromatic heterocycles. The molecular formula is C14H9F3NO4S-. The molecule has 0 radical (unpaired) electrons. The third kappa shape index (κ3) is 4.01. The summed E-state index contributed by atoms with van der Waals surface area (Å²) in [5.74, 6) is -1.57. The molecule has 0 saturated heterocycles. The van der Waals surface area contributed by atoms with E-state index in [1.807, 2.05) is 4.72 Å². The molecular weight excluding hydrogens is 335 g/mol. The van der Waals surface area contributed by atoms with Crippen molar-refractivity contribution in [1.82, 2.24) is 0 Å². The fraction of sp³-hybridized carbons (Fsp3) is 0.0714. The summed E-state index contributed by atoms with van der Waals surface area (Å²) in [6.07, 6.45) is -4.61. The van der Waals surface area contributed by atoms with Crippen molar-refractivity contribution in [3.8, 4) is 0 Å². The minimum absolute atomic E-state index is 0.293. The van der Waals surface area contributed by atoms with Gasteiger partial charge in [-0.2, -0.15) is 13.2 Å². The highest BCUT2D eigenvalue weighted by molar-refractivity contribution is 7.92. The predicted molar refractivity (Wildman–Crippen MR) is 73.0 cm³/mol. The minimum Gasteiger partial charge on any atom is -0.545 e. The van der Waals surface area contributed by atoms with E-state index in [9.17, 15) is 31.5 Å². The van der Waals surface area contributed by atoms with Crippen LogP contribution in [-0.4, -0.2) is 14.4 Å². The van der Waals surface area contributed by atoms with Gasteiger partial charge in [0.05, 0.1) is 16.4 Å². The monoisotopic (exact) mass is 344 g/mol. The largest absolute Gasteiger partial charge is 0.545 e. The number of aromatic carboxylic acids is 1. The first-order valence-electron chi connectivity index (χ1n) is 6.11. The number of rotatable bonds is 4. The number of nitrogens with one attached hydrogen (secondary N) is 1. The topological polar surface area (TPSA) is 86.3 Å². The standard InChI is InChI=1S/C14H10F3NO4S/c15-14(16,17)10-4-2-5-11(8-10)18-23(21,22)12-6-1-3-9(7-12)13(19)20/h1-8,18H,(H,19,20)/p-1. The number of carboxylic acid groups (broad SMARTS) is 1. The molecule has 2 rings (SSSR count). The molecule has 1 N–H and O–H groups in total. The molecule has 9 heteroatoms. The lowest BCUT2D eigenvalue weighted by molar-refractivity contribution is -0.255. The SMILES string of the molecule is O=C([O-])c1cccc(S(=O)(=O)Nc2cccc(C(F)(F)F)c2)c1.